The third-order valence-corrected chi connectivity index (χ3v) is 4.53. The second-order valence-corrected chi connectivity index (χ2v) is 5.94. The third kappa shape index (κ3) is 2.74. The largest absolute Gasteiger partial charge is 0.368 e. The van der Waals surface area contributed by atoms with Gasteiger partial charge in [0, 0.05) is 39.6 Å². The molecule has 2 aromatic rings. The van der Waals surface area contributed by atoms with Crippen molar-refractivity contribution in [2.45, 2.75) is 32.0 Å². The standard InChI is InChI=1S/C16H20N6O3/c1-4-22-7-6-18-14(22)12-11(5-8-25-12)19-13-10(9-17)15(23)21(3)16(24)20(13)2/h6-7,11-12,19H,4-5,8H2,1-3H3/t11-,12-/m0/s1. The molecule has 0 aromatic carbocycles. The maximum atomic E-state index is 12.2. The van der Waals surface area contributed by atoms with Crippen molar-refractivity contribution in [1.82, 2.24) is 18.7 Å². The summed E-state index contributed by atoms with van der Waals surface area (Å²) in [4.78, 5) is 28.8. The minimum absolute atomic E-state index is 0.0888. The molecule has 3 rings (SSSR count). The van der Waals surface area contributed by atoms with E-state index in [0.717, 1.165) is 16.9 Å². The number of imidazole rings is 1. The fourth-order valence-corrected chi connectivity index (χ4v) is 3.13. The van der Waals surface area contributed by atoms with Crippen LogP contribution in [-0.2, 0) is 25.4 Å². The van der Waals surface area contributed by atoms with Gasteiger partial charge in [-0.05, 0) is 13.3 Å². The Kier molecular flexibility index (Phi) is 4.46. The highest BCUT2D eigenvalue weighted by Gasteiger charge is 2.34. The van der Waals surface area contributed by atoms with Crippen LogP contribution in [0.4, 0.5) is 5.82 Å². The first-order valence-corrected chi connectivity index (χ1v) is 8.08. The Hall–Kier alpha value is -2.86. The van der Waals surface area contributed by atoms with Crippen molar-refractivity contribution < 1.29 is 4.74 Å². The number of hydrogen-bond acceptors (Lipinski definition) is 6. The lowest BCUT2D eigenvalue weighted by Crippen LogP contribution is -2.41. The number of aryl methyl sites for hydroxylation is 1. The average Bonchev–Trinajstić information content (AvgIpc) is 3.26. The maximum Gasteiger partial charge on any atom is 0.332 e. The van der Waals surface area contributed by atoms with Gasteiger partial charge in [-0.2, -0.15) is 5.26 Å². The van der Waals surface area contributed by atoms with E-state index >= 15 is 0 Å². The van der Waals surface area contributed by atoms with E-state index in [1.165, 1.54) is 18.7 Å². The molecule has 9 nitrogen and oxygen atoms in total. The van der Waals surface area contributed by atoms with Crippen molar-refractivity contribution in [3.8, 4) is 6.07 Å². The molecule has 1 N–H and O–H groups in total. The van der Waals surface area contributed by atoms with Gasteiger partial charge in [-0.1, -0.05) is 0 Å². The monoisotopic (exact) mass is 344 g/mol. The van der Waals surface area contributed by atoms with Gasteiger partial charge in [-0.15, -0.1) is 0 Å². The van der Waals surface area contributed by atoms with Gasteiger partial charge in [0.05, 0.1) is 6.04 Å². The van der Waals surface area contributed by atoms with E-state index in [4.69, 9.17) is 4.74 Å². The first kappa shape index (κ1) is 17.0. The quantitative estimate of drug-likeness (QED) is 0.844. The molecule has 25 heavy (non-hydrogen) atoms. The minimum atomic E-state index is -0.612. The van der Waals surface area contributed by atoms with Crippen LogP contribution < -0.4 is 16.6 Å². The first-order valence-electron chi connectivity index (χ1n) is 8.08. The number of nitrogens with zero attached hydrogens (tertiary/aromatic N) is 5. The van der Waals surface area contributed by atoms with Crippen molar-refractivity contribution >= 4 is 5.82 Å². The Balaban J connectivity index is 2.02. The van der Waals surface area contributed by atoms with Crippen LogP contribution in [0.2, 0.25) is 0 Å². The number of aromatic nitrogens is 4. The molecule has 1 fully saturated rings. The maximum absolute atomic E-state index is 12.2. The van der Waals surface area contributed by atoms with E-state index < -0.39 is 11.2 Å². The minimum Gasteiger partial charge on any atom is -0.368 e. The molecule has 0 amide bonds. The van der Waals surface area contributed by atoms with Crippen LogP contribution in [0, 0.1) is 11.3 Å². The van der Waals surface area contributed by atoms with Crippen LogP contribution >= 0.6 is 0 Å². The van der Waals surface area contributed by atoms with E-state index in [0.29, 0.717) is 13.0 Å². The number of nitriles is 1. The van der Waals surface area contributed by atoms with Crippen LogP contribution in [0.15, 0.2) is 22.0 Å². The number of nitrogens with one attached hydrogen (secondary N) is 1. The van der Waals surface area contributed by atoms with Crippen LogP contribution in [0.3, 0.4) is 0 Å². The van der Waals surface area contributed by atoms with Crippen molar-refractivity contribution in [2.75, 3.05) is 11.9 Å². The van der Waals surface area contributed by atoms with Crippen LogP contribution in [0.5, 0.6) is 0 Å². The molecule has 2 atom stereocenters. The third-order valence-electron chi connectivity index (χ3n) is 4.53. The van der Waals surface area contributed by atoms with Gasteiger partial charge in [0.2, 0.25) is 0 Å². The van der Waals surface area contributed by atoms with Gasteiger partial charge in [0.15, 0.2) is 5.56 Å². The Bertz CT molecular complexity index is 948. The number of ether oxygens (including phenoxy) is 1. The molecule has 132 valence electrons. The van der Waals surface area contributed by atoms with E-state index in [1.807, 2.05) is 23.8 Å². The molecule has 1 aliphatic heterocycles. The zero-order valence-electron chi connectivity index (χ0n) is 14.4. The summed E-state index contributed by atoms with van der Waals surface area (Å²) < 4.78 is 10.0. The van der Waals surface area contributed by atoms with Crippen molar-refractivity contribution in [2.24, 2.45) is 14.1 Å². The Morgan fingerprint density at radius 3 is 2.84 bits per heavy atom. The molecule has 0 bridgehead atoms. The summed E-state index contributed by atoms with van der Waals surface area (Å²) >= 11 is 0. The molecule has 0 unspecified atom stereocenters. The SMILES string of the molecule is CCn1ccnc1[C@H]1OCC[C@@H]1Nc1c(C#N)c(=O)n(C)c(=O)n1C. The van der Waals surface area contributed by atoms with Crippen molar-refractivity contribution in [1.29, 1.82) is 5.26 Å². The molecule has 1 saturated heterocycles. The summed E-state index contributed by atoms with van der Waals surface area (Å²) in [6.45, 7) is 3.30. The molecule has 0 radical (unpaired) electrons. The molecule has 0 spiro atoms. The van der Waals surface area contributed by atoms with Gasteiger partial charge >= 0.3 is 5.69 Å². The van der Waals surface area contributed by atoms with Gasteiger partial charge in [-0.3, -0.25) is 13.9 Å². The lowest BCUT2D eigenvalue weighted by Gasteiger charge is -2.23. The molecule has 9 heteroatoms. The predicted octanol–water partition coefficient (Wildman–Crippen LogP) is 0.114. The number of anilines is 1. The summed E-state index contributed by atoms with van der Waals surface area (Å²) in [5.41, 5.74) is -1.19. The summed E-state index contributed by atoms with van der Waals surface area (Å²) in [7, 11) is 2.89. The Labute approximate surface area is 144 Å². The molecule has 2 aromatic heterocycles. The first-order chi connectivity index (χ1) is 12.0. The van der Waals surface area contributed by atoms with Crippen LogP contribution in [0.1, 0.15) is 30.8 Å². The van der Waals surface area contributed by atoms with Gasteiger partial charge in [-0.25, -0.2) is 9.78 Å². The molecular weight excluding hydrogens is 324 g/mol. The Morgan fingerprint density at radius 1 is 1.40 bits per heavy atom. The lowest BCUT2D eigenvalue weighted by atomic mass is 10.1. The zero-order chi connectivity index (χ0) is 18.1. The molecule has 0 saturated carbocycles. The second-order valence-electron chi connectivity index (χ2n) is 5.94. The van der Waals surface area contributed by atoms with Crippen molar-refractivity contribution in [3.05, 3.63) is 44.6 Å². The fraction of sp³-hybridized carbons (Fsp3) is 0.500. The summed E-state index contributed by atoms with van der Waals surface area (Å²) in [6, 6.07) is 1.70. The zero-order valence-corrected chi connectivity index (χ0v) is 14.4. The van der Waals surface area contributed by atoms with E-state index in [-0.39, 0.29) is 23.5 Å². The molecular formula is C16H20N6O3. The predicted molar refractivity (Wildman–Crippen MR) is 90.3 cm³/mol. The fourth-order valence-electron chi connectivity index (χ4n) is 3.13. The smallest absolute Gasteiger partial charge is 0.332 e. The highest BCUT2D eigenvalue weighted by atomic mass is 16.5. The van der Waals surface area contributed by atoms with E-state index in [9.17, 15) is 14.9 Å². The lowest BCUT2D eigenvalue weighted by molar-refractivity contribution is 0.0975. The Morgan fingerprint density at radius 2 is 2.16 bits per heavy atom. The van der Waals surface area contributed by atoms with Gasteiger partial charge in [0.25, 0.3) is 5.56 Å². The molecule has 0 aliphatic carbocycles. The summed E-state index contributed by atoms with van der Waals surface area (Å²) in [5, 5.41) is 12.6. The highest BCUT2D eigenvalue weighted by molar-refractivity contribution is 5.52. The average molecular weight is 344 g/mol. The molecule has 1 aliphatic rings. The van der Waals surface area contributed by atoms with E-state index in [2.05, 4.69) is 10.3 Å². The summed E-state index contributed by atoms with van der Waals surface area (Å²) in [5.74, 6) is 0.996. The topological polar surface area (TPSA) is 107 Å². The molecule has 3 heterocycles. The normalized spacial score (nSPS) is 19.8. The van der Waals surface area contributed by atoms with E-state index in [1.54, 1.807) is 6.20 Å². The van der Waals surface area contributed by atoms with Crippen LogP contribution in [0.25, 0.3) is 0 Å². The second kappa shape index (κ2) is 6.57. The number of hydrogen-bond donors (Lipinski definition) is 1. The van der Waals surface area contributed by atoms with Gasteiger partial charge in [0.1, 0.15) is 23.8 Å². The highest BCUT2D eigenvalue weighted by Crippen LogP contribution is 2.30. The van der Waals surface area contributed by atoms with Gasteiger partial charge < -0.3 is 14.6 Å². The van der Waals surface area contributed by atoms with Crippen molar-refractivity contribution in [3.63, 3.8) is 0 Å². The van der Waals surface area contributed by atoms with Crippen LogP contribution in [-0.4, -0.2) is 31.3 Å². The summed E-state index contributed by atoms with van der Waals surface area (Å²) in [6.07, 6.45) is 3.95. The number of rotatable bonds is 4.